The van der Waals surface area contributed by atoms with Crippen LogP contribution < -0.4 is 16.0 Å². The molecule has 1 amide bonds. The first-order valence-electron chi connectivity index (χ1n) is 7.11. The molecule has 22 heavy (non-hydrogen) atoms. The molecule has 0 saturated carbocycles. The van der Waals surface area contributed by atoms with E-state index in [1.165, 1.54) is 0 Å². The zero-order valence-electron chi connectivity index (χ0n) is 12.5. The van der Waals surface area contributed by atoms with Crippen LogP contribution >= 0.6 is 0 Å². The topological polar surface area (TPSA) is 91.8 Å². The van der Waals surface area contributed by atoms with Crippen molar-refractivity contribution in [2.45, 2.75) is 20.0 Å². The molecule has 118 valence electrons. The van der Waals surface area contributed by atoms with Crippen molar-refractivity contribution in [2.75, 3.05) is 13.1 Å². The van der Waals surface area contributed by atoms with Gasteiger partial charge in [0.1, 0.15) is 18.1 Å². The number of aliphatic imine (C=N–C) groups is 1. The van der Waals surface area contributed by atoms with Crippen LogP contribution in [-0.2, 0) is 17.9 Å². The van der Waals surface area contributed by atoms with Crippen molar-refractivity contribution in [2.24, 2.45) is 4.99 Å². The largest absolute Gasteiger partial charge is 0.467 e. The molecule has 2 aromatic rings. The number of carbonyl (C=O) groups excluding carboxylic acids is 1. The van der Waals surface area contributed by atoms with Crippen LogP contribution in [0.2, 0.25) is 0 Å². The molecule has 0 aromatic carbocycles. The zero-order chi connectivity index (χ0) is 15.6. The summed E-state index contributed by atoms with van der Waals surface area (Å²) in [6, 6.07) is 7.27. The smallest absolute Gasteiger partial charge is 0.242 e. The molecule has 0 aliphatic rings. The molecule has 7 heteroatoms. The van der Waals surface area contributed by atoms with E-state index in [4.69, 9.17) is 8.83 Å². The minimum atomic E-state index is -0.174. The van der Waals surface area contributed by atoms with E-state index in [2.05, 4.69) is 20.9 Å². The summed E-state index contributed by atoms with van der Waals surface area (Å²) in [7, 11) is 0. The predicted octanol–water partition coefficient (Wildman–Crippen LogP) is 1.24. The minimum absolute atomic E-state index is 0.0359. The average Bonchev–Trinajstić information content (AvgIpc) is 3.21. The molecule has 2 rings (SSSR count). The number of carbonyl (C=O) groups is 1. The van der Waals surface area contributed by atoms with Crippen molar-refractivity contribution < 1.29 is 13.6 Å². The third-order valence-corrected chi connectivity index (χ3v) is 2.78. The molecule has 2 heterocycles. The minimum Gasteiger partial charge on any atom is -0.467 e. The summed E-state index contributed by atoms with van der Waals surface area (Å²) in [4.78, 5) is 16.0. The lowest BCUT2D eigenvalue weighted by Gasteiger charge is -2.10. The van der Waals surface area contributed by atoms with Crippen molar-refractivity contribution in [3.8, 4) is 0 Å². The molecule has 0 bridgehead atoms. The Hall–Kier alpha value is -2.70. The van der Waals surface area contributed by atoms with Gasteiger partial charge in [0.25, 0.3) is 0 Å². The van der Waals surface area contributed by atoms with E-state index in [0.717, 1.165) is 5.76 Å². The Morgan fingerprint density at radius 1 is 1.05 bits per heavy atom. The Kier molecular flexibility index (Phi) is 6.10. The number of nitrogens with one attached hydrogen (secondary N) is 3. The second kappa shape index (κ2) is 8.56. The lowest BCUT2D eigenvalue weighted by atomic mass is 10.4. The molecular weight excluding hydrogens is 284 g/mol. The normalized spacial score (nSPS) is 11.2. The van der Waals surface area contributed by atoms with Crippen LogP contribution in [-0.4, -0.2) is 25.0 Å². The highest BCUT2D eigenvalue weighted by Crippen LogP contribution is 1.99. The first-order chi connectivity index (χ1) is 10.8. The van der Waals surface area contributed by atoms with E-state index >= 15 is 0 Å². The quantitative estimate of drug-likeness (QED) is 0.529. The maximum absolute atomic E-state index is 11.7. The fourth-order valence-corrected chi connectivity index (χ4v) is 1.73. The molecule has 0 aliphatic carbocycles. The summed E-state index contributed by atoms with van der Waals surface area (Å²) in [5, 5.41) is 8.90. The van der Waals surface area contributed by atoms with Crippen LogP contribution in [0.4, 0.5) is 0 Å². The molecule has 3 N–H and O–H groups in total. The van der Waals surface area contributed by atoms with Gasteiger partial charge in [-0.2, -0.15) is 0 Å². The number of guanidine groups is 1. The van der Waals surface area contributed by atoms with E-state index in [9.17, 15) is 4.79 Å². The molecule has 0 fully saturated rings. The molecular formula is C15H20N4O3. The van der Waals surface area contributed by atoms with Gasteiger partial charge < -0.3 is 24.8 Å². The molecule has 0 aliphatic heterocycles. The Labute approximate surface area is 128 Å². The van der Waals surface area contributed by atoms with Gasteiger partial charge in [0.2, 0.25) is 5.91 Å². The number of hydrogen-bond acceptors (Lipinski definition) is 4. The Morgan fingerprint density at radius 3 is 2.23 bits per heavy atom. The van der Waals surface area contributed by atoms with E-state index in [1.807, 2.05) is 19.1 Å². The summed E-state index contributed by atoms with van der Waals surface area (Å²) in [5.41, 5.74) is 0. The molecule has 7 nitrogen and oxygen atoms in total. The van der Waals surface area contributed by atoms with Crippen molar-refractivity contribution in [1.29, 1.82) is 0 Å². The number of amides is 1. The van der Waals surface area contributed by atoms with E-state index < -0.39 is 0 Å². The second-order valence-electron chi connectivity index (χ2n) is 4.48. The maximum atomic E-state index is 11.7. The van der Waals surface area contributed by atoms with Gasteiger partial charge in [-0.25, -0.2) is 4.99 Å². The van der Waals surface area contributed by atoms with E-state index in [0.29, 0.717) is 31.4 Å². The highest BCUT2D eigenvalue weighted by atomic mass is 16.3. The Morgan fingerprint density at radius 2 is 1.68 bits per heavy atom. The van der Waals surface area contributed by atoms with Crippen LogP contribution in [0.1, 0.15) is 18.4 Å². The number of nitrogens with zero attached hydrogens (tertiary/aromatic N) is 1. The summed E-state index contributed by atoms with van der Waals surface area (Å²) in [6.45, 7) is 3.57. The van der Waals surface area contributed by atoms with Gasteiger partial charge in [-0.05, 0) is 31.2 Å². The number of furan rings is 2. The fourth-order valence-electron chi connectivity index (χ4n) is 1.73. The summed E-state index contributed by atoms with van der Waals surface area (Å²) >= 11 is 0. The highest BCUT2D eigenvalue weighted by Gasteiger charge is 2.04. The van der Waals surface area contributed by atoms with E-state index in [1.54, 1.807) is 24.7 Å². The van der Waals surface area contributed by atoms with Gasteiger partial charge in [-0.3, -0.25) is 4.79 Å². The van der Waals surface area contributed by atoms with Gasteiger partial charge in [0, 0.05) is 6.54 Å². The lowest BCUT2D eigenvalue weighted by Crippen LogP contribution is -2.38. The summed E-state index contributed by atoms with van der Waals surface area (Å²) < 4.78 is 10.4. The van der Waals surface area contributed by atoms with Gasteiger partial charge in [-0.1, -0.05) is 0 Å². The third kappa shape index (κ3) is 5.35. The second-order valence-corrected chi connectivity index (χ2v) is 4.48. The van der Waals surface area contributed by atoms with Gasteiger partial charge in [-0.15, -0.1) is 0 Å². The van der Waals surface area contributed by atoms with Gasteiger partial charge >= 0.3 is 0 Å². The molecule has 2 aromatic heterocycles. The number of rotatable bonds is 7. The van der Waals surface area contributed by atoms with Crippen molar-refractivity contribution in [3.63, 3.8) is 0 Å². The third-order valence-electron chi connectivity index (χ3n) is 2.78. The van der Waals surface area contributed by atoms with Crippen molar-refractivity contribution in [1.82, 2.24) is 16.0 Å². The highest BCUT2D eigenvalue weighted by molar-refractivity contribution is 5.84. The van der Waals surface area contributed by atoms with Crippen LogP contribution in [0, 0.1) is 0 Å². The summed E-state index contributed by atoms with van der Waals surface area (Å²) in [5.74, 6) is 1.90. The van der Waals surface area contributed by atoms with Gasteiger partial charge in [0.05, 0.1) is 25.6 Å². The summed E-state index contributed by atoms with van der Waals surface area (Å²) in [6.07, 6.45) is 3.19. The Bertz CT molecular complexity index is 576. The average molecular weight is 304 g/mol. The number of hydrogen-bond donors (Lipinski definition) is 3. The van der Waals surface area contributed by atoms with Crippen molar-refractivity contribution >= 4 is 11.9 Å². The maximum Gasteiger partial charge on any atom is 0.242 e. The molecule has 0 unspecified atom stereocenters. The van der Waals surface area contributed by atoms with Crippen LogP contribution in [0.25, 0.3) is 0 Å². The lowest BCUT2D eigenvalue weighted by molar-refractivity contribution is -0.119. The van der Waals surface area contributed by atoms with Gasteiger partial charge in [0.15, 0.2) is 5.96 Å². The first kappa shape index (κ1) is 15.7. The van der Waals surface area contributed by atoms with Crippen LogP contribution in [0.5, 0.6) is 0 Å². The molecule has 0 saturated heterocycles. The van der Waals surface area contributed by atoms with Crippen molar-refractivity contribution in [3.05, 3.63) is 48.3 Å². The predicted molar refractivity (Wildman–Crippen MR) is 82.1 cm³/mol. The monoisotopic (exact) mass is 304 g/mol. The first-order valence-corrected chi connectivity index (χ1v) is 7.11. The molecule has 0 radical (unpaired) electrons. The molecule has 0 spiro atoms. The standard InChI is InChI=1S/C15H20N4O3/c1-2-16-15(18-10-13-6-4-8-22-13)19-11-14(20)17-9-12-5-3-7-21-12/h3-8H,2,9-11H2,1H3,(H,17,20)(H2,16,18,19). The van der Waals surface area contributed by atoms with Crippen LogP contribution in [0.3, 0.4) is 0 Å². The molecule has 0 atom stereocenters. The van der Waals surface area contributed by atoms with Crippen LogP contribution in [0.15, 0.2) is 50.6 Å². The Balaban J connectivity index is 1.76. The zero-order valence-corrected chi connectivity index (χ0v) is 12.5. The van der Waals surface area contributed by atoms with E-state index in [-0.39, 0.29) is 12.5 Å². The fraction of sp³-hybridized carbons (Fsp3) is 0.333. The SMILES string of the molecule is CCNC(=NCC(=O)NCc1ccco1)NCc1ccco1.